The zero-order chi connectivity index (χ0) is 16.5. The van der Waals surface area contributed by atoms with Gasteiger partial charge in [-0.05, 0) is 0 Å². The van der Waals surface area contributed by atoms with Crippen LogP contribution >= 0.6 is 0 Å². The molecule has 0 saturated carbocycles. The van der Waals surface area contributed by atoms with Gasteiger partial charge in [0.2, 0.25) is 0 Å². The SMILES string of the molecule is Cc1cc(C)cc(Oc2nccc3cc(-c4ccccc4)[se]c23)c1. The number of aryl methyl sites for hydroxylation is 2. The second-order valence-electron chi connectivity index (χ2n) is 5.94. The van der Waals surface area contributed by atoms with Crippen LogP contribution in [0, 0.1) is 13.8 Å². The third kappa shape index (κ3) is 3.01. The Labute approximate surface area is 147 Å². The van der Waals surface area contributed by atoms with Gasteiger partial charge in [0.05, 0.1) is 0 Å². The summed E-state index contributed by atoms with van der Waals surface area (Å²) in [6.45, 7) is 4.17. The van der Waals surface area contributed by atoms with Crippen molar-refractivity contribution in [3.63, 3.8) is 0 Å². The molecule has 0 atom stereocenters. The van der Waals surface area contributed by atoms with E-state index in [4.69, 9.17) is 4.74 Å². The number of rotatable bonds is 3. The van der Waals surface area contributed by atoms with E-state index in [0.717, 1.165) is 11.6 Å². The van der Waals surface area contributed by atoms with E-state index < -0.39 is 0 Å². The number of ether oxygens (including phenoxy) is 1. The van der Waals surface area contributed by atoms with E-state index in [2.05, 4.69) is 79.5 Å². The Kier molecular flexibility index (Phi) is 3.97. The number of pyridine rings is 1. The van der Waals surface area contributed by atoms with Crippen LogP contribution in [-0.4, -0.2) is 19.5 Å². The quantitative estimate of drug-likeness (QED) is 0.447. The Morgan fingerprint density at radius 1 is 0.875 bits per heavy atom. The van der Waals surface area contributed by atoms with E-state index in [9.17, 15) is 0 Å². The summed E-state index contributed by atoms with van der Waals surface area (Å²) in [5.41, 5.74) is 3.68. The Morgan fingerprint density at radius 3 is 2.38 bits per heavy atom. The van der Waals surface area contributed by atoms with Crippen LogP contribution in [0.4, 0.5) is 0 Å². The first-order valence-corrected chi connectivity index (χ1v) is 9.60. The molecule has 24 heavy (non-hydrogen) atoms. The van der Waals surface area contributed by atoms with Gasteiger partial charge in [-0.25, -0.2) is 0 Å². The molecule has 2 nitrogen and oxygen atoms in total. The van der Waals surface area contributed by atoms with Gasteiger partial charge < -0.3 is 0 Å². The van der Waals surface area contributed by atoms with Crippen molar-refractivity contribution in [3.05, 3.63) is 78.0 Å². The molecule has 0 radical (unpaired) electrons. The monoisotopic (exact) mass is 379 g/mol. The zero-order valence-corrected chi connectivity index (χ0v) is 15.3. The molecule has 2 aromatic heterocycles. The van der Waals surface area contributed by atoms with E-state index >= 15 is 0 Å². The Bertz CT molecular complexity index is 985. The van der Waals surface area contributed by atoms with Crippen LogP contribution in [0.1, 0.15) is 11.1 Å². The number of hydrogen-bond acceptors (Lipinski definition) is 2. The van der Waals surface area contributed by atoms with Crippen molar-refractivity contribution in [1.29, 1.82) is 0 Å². The molecule has 118 valence electrons. The van der Waals surface area contributed by atoms with Crippen LogP contribution in [-0.2, 0) is 0 Å². The second kappa shape index (κ2) is 6.27. The van der Waals surface area contributed by atoms with E-state index in [0.29, 0.717) is 0 Å². The first kappa shape index (κ1) is 15.2. The van der Waals surface area contributed by atoms with Gasteiger partial charge in [0.25, 0.3) is 0 Å². The summed E-state index contributed by atoms with van der Waals surface area (Å²) in [6, 6.07) is 21.1. The molecule has 0 saturated heterocycles. The van der Waals surface area contributed by atoms with E-state index in [-0.39, 0.29) is 14.5 Å². The van der Waals surface area contributed by atoms with Crippen LogP contribution < -0.4 is 4.74 Å². The summed E-state index contributed by atoms with van der Waals surface area (Å²) < 4.78 is 8.73. The molecule has 2 aromatic carbocycles. The minimum absolute atomic E-state index is 0.207. The van der Waals surface area contributed by atoms with Gasteiger partial charge in [-0.3, -0.25) is 0 Å². The molecule has 2 heterocycles. The van der Waals surface area contributed by atoms with Crippen molar-refractivity contribution >= 4 is 24.1 Å². The predicted molar refractivity (Wildman–Crippen MR) is 100 cm³/mol. The standard InChI is InChI=1S/C21H17NOSe/c1-14-10-15(2)12-18(11-14)23-21-20-17(8-9-22-21)13-19(24-20)16-6-4-3-5-7-16/h3-13H,1-2H3. The van der Waals surface area contributed by atoms with Crippen LogP contribution in [0.3, 0.4) is 0 Å². The fourth-order valence-corrected chi connectivity index (χ4v) is 5.14. The third-order valence-corrected chi connectivity index (χ3v) is 6.36. The molecular formula is C21H17NOSe. The number of aromatic nitrogens is 1. The molecule has 0 aliphatic heterocycles. The van der Waals surface area contributed by atoms with Gasteiger partial charge in [-0.15, -0.1) is 0 Å². The van der Waals surface area contributed by atoms with Crippen LogP contribution in [0.25, 0.3) is 19.6 Å². The van der Waals surface area contributed by atoms with Crippen LogP contribution in [0.15, 0.2) is 66.9 Å². The molecule has 0 amide bonds. The molecule has 0 aliphatic rings. The second-order valence-corrected chi connectivity index (χ2v) is 8.14. The van der Waals surface area contributed by atoms with Gasteiger partial charge >= 0.3 is 147 Å². The van der Waals surface area contributed by atoms with Gasteiger partial charge in [0.1, 0.15) is 0 Å². The molecule has 0 spiro atoms. The first-order valence-electron chi connectivity index (χ1n) is 7.89. The summed E-state index contributed by atoms with van der Waals surface area (Å²) in [4.78, 5) is 4.49. The van der Waals surface area contributed by atoms with E-state index in [1.54, 1.807) is 0 Å². The van der Waals surface area contributed by atoms with Gasteiger partial charge in [0, 0.05) is 0 Å². The van der Waals surface area contributed by atoms with E-state index in [1.165, 1.54) is 30.8 Å². The first-order chi connectivity index (χ1) is 11.7. The van der Waals surface area contributed by atoms with Gasteiger partial charge in [0.15, 0.2) is 0 Å². The van der Waals surface area contributed by atoms with Crippen molar-refractivity contribution in [3.8, 4) is 21.6 Å². The summed E-state index contributed by atoms with van der Waals surface area (Å²) in [7, 11) is 0. The van der Waals surface area contributed by atoms with E-state index in [1.807, 2.05) is 6.20 Å². The minimum atomic E-state index is 0.207. The van der Waals surface area contributed by atoms with Crippen molar-refractivity contribution in [1.82, 2.24) is 4.98 Å². The average Bonchev–Trinajstić information content (AvgIpc) is 3.00. The molecule has 4 aromatic rings. The van der Waals surface area contributed by atoms with Gasteiger partial charge in [-0.1, -0.05) is 0 Å². The number of benzene rings is 2. The average molecular weight is 378 g/mol. The molecule has 0 N–H and O–H groups in total. The maximum absolute atomic E-state index is 6.14. The fraction of sp³-hybridized carbons (Fsp3) is 0.0952. The molecule has 0 unspecified atom stereocenters. The van der Waals surface area contributed by atoms with Crippen molar-refractivity contribution in [2.24, 2.45) is 0 Å². The topological polar surface area (TPSA) is 22.1 Å². The summed E-state index contributed by atoms with van der Waals surface area (Å²) >= 11 is 0.207. The van der Waals surface area contributed by atoms with Crippen LogP contribution in [0.5, 0.6) is 11.6 Å². The Hall–Kier alpha value is -2.35. The van der Waals surface area contributed by atoms with Gasteiger partial charge in [-0.2, -0.15) is 0 Å². The number of fused-ring (bicyclic) bond motifs is 1. The third-order valence-electron chi connectivity index (χ3n) is 3.87. The van der Waals surface area contributed by atoms with Crippen molar-refractivity contribution < 1.29 is 4.74 Å². The Balaban J connectivity index is 1.77. The molecule has 0 bridgehead atoms. The fourth-order valence-electron chi connectivity index (χ4n) is 2.86. The molecule has 4 rings (SSSR count). The summed E-state index contributed by atoms with van der Waals surface area (Å²) in [6.07, 6.45) is 1.83. The summed E-state index contributed by atoms with van der Waals surface area (Å²) in [5.74, 6) is 1.59. The molecule has 0 fully saturated rings. The molecule has 0 aliphatic carbocycles. The maximum atomic E-state index is 6.14. The van der Waals surface area contributed by atoms with Crippen molar-refractivity contribution in [2.75, 3.05) is 0 Å². The van der Waals surface area contributed by atoms with Crippen LogP contribution in [0.2, 0.25) is 0 Å². The molecular weight excluding hydrogens is 361 g/mol. The summed E-state index contributed by atoms with van der Waals surface area (Å²) in [5, 5.41) is 1.23. The number of hydrogen-bond donors (Lipinski definition) is 0. The normalized spacial score (nSPS) is 10.9. The number of nitrogens with zero attached hydrogens (tertiary/aromatic N) is 1. The molecule has 3 heteroatoms. The van der Waals surface area contributed by atoms with Crippen molar-refractivity contribution in [2.45, 2.75) is 13.8 Å². The Morgan fingerprint density at radius 2 is 1.62 bits per heavy atom. The zero-order valence-electron chi connectivity index (χ0n) is 13.6. The predicted octanol–water partition coefficient (Wildman–Crippen LogP) is 5.37.